The van der Waals surface area contributed by atoms with Crippen molar-refractivity contribution >= 4 is 33.5 Å². The fraction of sp³-hybridized carbons (Fsp3) is 0.391. The number of halogens is 1. The van der Waals surface area contributed by atoms with Crippen LogP contribution in [0, 0.1) is 0 Å². The second kappa shape index (κ2) is 10.9. The minimum Gasteiger partial charge on any atom is -0.481 e. The van der Waals surface area contributed by atoms with Crippen molar-refractivity contribution in [2.24, 2.45) is 0 Å². The Kier molecular flexibility index (Phi) is 8.28. The summed E-state index contributed by atoms with van der Waals surface area (Å²) in [6.07, 6.45) is 2.94. The average molecular weight is 479 g/mol. The molecule has 1 heterocycles. The largest absolute Gasteiger partial charge is 0.481 e. The van der Waals surface area contributed by atoms with Crippen LogP contribution in [0.5, 0.6) is 0 Å². The number of carbonyl (C=O) groups excluding carboxylic acids is 1. The average Bonchev–Trinajstić information content (AvgIpc) is 2.97. The molecule has 0 radical (unpaired) electrons. The number of nitrogens with one attached hydrogen (secondary N) is 1. The van der Waals surface area contributed by atoms with Gasteiger partial charge in [0.1, 0.15) is 6.04 Å². The van der Waals surface area contributed by atoms with Crippen LogP contribution < -0.4 is 5.32 Å². The van der Waals surface area contributed by atoms with E-state index in [1.165, 1.54) is 28.6 Å². The normalized spacial score (nSPS) is 17.1. The van der Waals surface area contributed by atoms with E-state index in [9.17, 15) is 18.0 Å². The lowest BCUT2D eigenvalue weighted by Crippen LogP contribution is -2.48. The summed E-state index contributed by atoms with van der Waals surface area (Å²) in [7, 11) is -4.00. The lowest BCUT2D eigenvalue weighted by molar-refractivity contribution is -0.137. The number of benzene rings is 2. The van der Waals surface area contributed by atoms with Crippen molar-refractivity contribution in [3.8, 4) is 0 Å². The van der Waals surface area contributed by atoms with Crippen LogP contribution in [0.3, 0.4) is 0 Å². The Morgan fingerprint density at radius 2 is 1.78 bits per heavy atom. The van der Waals surface area contributed by atoms with E-state index >= 15 is 0 Å². The first-order valence-electron chi connectivity index (χ1n) is 10.6. The molecule has 1 fully saturated rings. The number of carboxylic acid groups (broad SMARTS) is 1. The summed E-state index contributed by atoms with van der Waals surface area (Å²) in [5, 5.41) is 12.2. The van der Waals surface area contributed by atoms with Crippen LogP contribution in [-0.4, -0.2) is 42.3 Å². The molecule has 3 rings (SSSR count). The summed E-state index contributed by atoms with van der Waals surface area (Å²) >= 11 is 5.94. The Morgan fingerprint density at radius 1 is 1.09 bits per heavy atom. The molecular formula is C23H27ClN2O5S. The first kappa shape index (κ1) is 24.2. The summed E-state index contributed by atoms with van der Waals surface area (Å²) in [5.74, 6) is -1.17. The van der Waals surface area contributed by atoms with E-state index in [4.69, 9.17) is 16.7 Å². The van der Waals surface area contributed by atoms with Gasteiger partial charge in [-0.3, -0.25) is 9.59 Å². The molecule has 1 saturated heterocycles. The molecule has 1 atom stereocenters. The van der Waals surface area contributed by atoms with Gasteiger partial charge < -0.3 is 10.4 Å². The highest BCUT2D eigenvalue weighted by atomic mass is 35.5. The number of rotatable bonds is 9. The highest BCUT2D eigenvalue weighted by Gasteiger charge is 2.36. The fourth-order valence-corrected chi connectivity index (χ4v) is 5.58. The van der Waals surface area contributed by atoms with Crippen LogP contribution >= 0.6 is 11.6 Å². The monoisotopic (exact) mass is 478 g/mol. The van der Waals surface area contributed by atoms with Crippen LogP contribution in [-0.2, 0) is 32.6 Å². The molecule has 1 amide bonds. The third-order valence-corrected chi connectivity index (χ3v) is 7.68. The maximum Gasteiger partial charge on any atom is 0.303 e. The van der Waals surface area contributed by atoms with Gasteiger partial charge in [-0.1, -0.05) is 35.9 Å². The zero-order valence-corrected chi connectivity index (χ0v) is 19.2. The van der Waals surface area contributed by atoms with Gasteiger partial charge >= 0.3 is 5.97 Å². The van der Waals surface area contributed by atoms with Gasteiger partial charge in [0.15, 0.2) is 0 Å². The van der Waals surface area contributed by atoms with Crippen LogP contribution in [0.2, 0.25) is 5.02 Å². The van der Waals surface area contributed by atoms with Crippen molar-refractivity contribution in [3.05, 3.63) is 64.7 Å². The molecule has 172 valence electrons. The van der Waals surface area contributed by atoms with E-state index in [-0.39, 0.29) is 23.8 Å². The van der Waals surface area contributed by atoms with Gasteiger partial charge in [-0.15, -0.1) is 0 Å². The molecular weight excluding hydrogens is 452 g/mol. The molecule has 0 spiro atoms. The lowest BCUT2D eigenvalue weighted by Gasteiger charge is -2.30. The predicted molar refractivity (Wildman–Crippen MR) is 122 cm³/mol. The van der Waals surface area contributed by atoms with Crippen molar-refractivity contribution in [2.45, 2.75) is 56.0 Å². The van der Waals surface area contributed by atoms with Gasteiger partial charge in [0.05, 0.1) is 4.90 Å². The molecule has 2 aromatic rings. The Labute approximate surface area is 193 Å². The molecule has 0 aromatic heterocycles. The molecule has 1 unspecified atom stereocenters. The number of nitrogens with zero attached hydrogens (tertiary/aromatic N) is 1. The molecule has 2 aromatic carbocycles. The number of carboxylic acids is 1. The molecule has 1 aliphatic heterocycles. The van der Waals surface area contributed by atoms with E-state index in [0.29, 0.717) is 30.8 Å². The topological polar surface area (TPSA) is 104 Å². The Hall–Kier alpha value is -2.42. The van der Waals surface area contributed by atoms with E-state index in [2.05, 4.69) is 5.32 Å². The summed E-state index contributed by atoms with van der Waals surface area (Å²) in [6, 6.07) is 12.4. The number of carbonyl (C=O) groups is 2. The van der Waals surface area contributed by atoms with Crippen LogP contribution in [0.4, 0.5) is 0 Å². The smallest absolute Gasteiger partial charge is 0.303 e. The van der Waals surface area contributed by atoms with Gasteiger partial charge in [-0.2, -0.15) is 4.31 Å². The Bertz CT molecular complexity index is 1060. The van der Waals surface area contributed by atoms with Crippen molar-refractivity contribution < 1.29 is 23.1 Å². The van der Waals surface area contributed by atoms with Crippen molar-refractivity contribution in [1.82, 2.24) is 9.62 Å². The Balaban J connectivity index is 1.98. The molecule has 2 N–H and O–H groups in total. The maximum atomic E-state index is 13.6. The third kappa shape index (κ3) is 6.09. The highest BCUT2D eigenvalue weighted by molar-refractivity contribution is 7.89. The minimum atomic E-state index is -4.00. The van der Waals surface area contributed by atoms with Crippen molar-refractivity contribution in [3.63, 3.8) is 0 Å². The van der Waals surface area contributed by atoms with Gasteiger partial charge in [-0.05, 0) is 67.5 Å². The zero-order chi connectivity index (χ0) is 23.1. The molecule has 32 heavy (non-hydrogen) atoms. The second-order valence-electron chi connectivity index (χ2n) is 7.82. The van der Waals surface area contributed by atoms with Crippen molar-refractivity contribution in [2.75, 3.05) is 6.54 Å². The zero-order valence-electron chi connectivity index (χ0n) is 17.7. The molecule has 1 aliphatic rings. The predicted octanol–water partition coefficient (Wildman–Crippen LogP) is 3.61. The number of amides is 1. The minimum absolute atomic E-state index is 0.0201. The first-order chi connectivity index (χ1) is 15.3. The van der Waals surface area contributed by atoms with E-state index in [1.807, 2.05) is 24.3 Å². The van der Waals surface area contributed by atoms with Crippen LogP contribution in [0.25, 0.3) is 0 Å². The lowest BCUT2D eigenvalue weighted by atomic mass is 10.0. The van der Waals surface area contributed by atoms with E-state index in [1.54, 1.807) is 0 Å². The summed E-state index contributed by atoms with van der Waals surface area (Å²) < 4.78 is 28.6. The van der Waals surface area contributed by atoms with Crippen LogP contribution in [0.1, 0.15) is 43.2 Å². The maximum absolute atomic E-state index is 13.6. The van der Waals surface area contributed by atoms with Gasteiger partial charge in [-0.25, -0.2) is 8.42 Å². The van der Waals surface area contributed by atoms with Gasteiger partial charge in [0, 0.05) is 24.5 Å². The summed E-state index contributed by atoms with van der Waals surface area (Å²) in [4.78, 5) is 23.8. The van der Waals surface area contributed by atoms with Crippen molar-refractivity contribution in [1.29, 1.82) is 0 Å². The standard InChI is InChI=1S/C23H27ClN2O5S/c24-19-11-13-20(14-12-19)32(30,31)26(21-9-3-4-15-25-23(21)29)16-18-7-2-1-6-17(18)8-5-10-22(27)28/h1-2,6-7,11-14,21H,3-5,8-10,15-16H2,(H,25,29)(H,27,28). The summed E-state index contributed by atoms with van der Waals surface area (Å²) in [6.45, 7) is 0.544. The van der Waals surface area contributed by atoms with Gasteiger partial charge in [0.25, 0.3) is 0 Å². The molecule has 0 bridgehead atoms. The third-order valence-electron chi connectivity index (χ3n) is 5.56. The number of aryl methyl sites for hydroxylation is 1. The number of sulfonamides is 1. The quantitative estimate of drug-likeness (QED) is 0.573. The first-order valence-corrected chi connectivity index (χ1v) is 12.4. The molecule has 7 nitrogen and oxygen atoms in total. The van der Waals surface area contributed by atoms with E-state index < -0.39 is 22.0 Å². The SMILES string of the molecule is O=C(O)CCCc1ccccc1CN(C1CCCCNC1=O)S(=O)(=O)c1ccc(Cl)cc1. The van der Waals surface area contributed by atoms with Crippen LogP contribution in [0.15, 0.2) is 53.4 Å². The number of hydrogen-bond donors (Lipinski definition) is 2. The number of aliphatic carboxylic acids is 1. The molecule has 0 aliphatic carbocycles. The number of hydrogen-bond acceptors (Lipinski definition) is 4. The molecule has 9 heteroatoms. The van der Waals surface area contributed by atoms with Gasteiger partial charge in [0.2, 0.25) is 15.9 Å². The fourth-order valence-electron chi connectivity index (χ4n) is 3.86. The second-order valence-corrected chi connectivity index (χ2v) is 10.1. The molecule has 0 saturated carbocycles. The highest BCUT2D eigenvalue weighted by Crippen LogP contribution is 2.27. The Morgan fingerprint density at radius 3 is 2.47 bits per heavy atom. The summed E-state index contributed by atoms with van der Waals surface area (Å²) in [5.41, 5.74) is 1.63. The van der Waals surface area contributed by atoms with E-state index in [0.717, 1.165) is 24.0 Å².